The second-order valence-corrected chi connectivity index (χ2v) is 6.88. The molecule has 2 unspecified atom stereocenters. The molecule has 1 aromatic carbocycles. The van der Waals surface area contributed by atoms with Crippen LogP contribution in [0.25, 0.3) is 0 Å². The first-order chi connectivity index (χ1) is 10.1. The van der Waals surface area contributed by atoms with Crippen LogP contribution in [0.4, 0.5) is 5.69 Å². The molecule has 1 saturated heterocycles. The molecule has 1 aromatic rings. The van der Waals surface area contributed by atoms with Crippen LogP contribution >= 0.6 is 0 Å². The molecule has 114 valence electrons. The van der Waals surface area contributed by atoms with Crippen molar-refractivity contribution in [1.82, 2.24) is 4.90 Å². The molecular weight excluding hydrogens is 260 g/mol. The van der Waals surface area contributed by atoms with Gasteiger partial charge in [-0.2, -0.15) is 0 Å². The number of hydrogen-bond acceptors (Lipinski definition) is 2. The Kier molecular flexibility index (Phi) is 4.29. The Morgan fingerprint density at radius 1 is 1.19 bits per heavy atom. The molecule has 1 fully saturated rings. The quantitative estimate of drug-likeness (QED) is 0.853. The highest BCUT2D eigenvalue weighted by molar-refractivity contribution is 5.95. The molecule has 0 radical (unpaired) electrons. The lowest BCUT2D eigenvalue weighted by Crippen LogP contribution is -2.41. The monoisotopic (exact) mass is 286 g/mol. The van der Waals surface area contributed by atoms with Gasteiger partial charge in [0, 0.05) is 38.3 Å². The molecule has 2 aliphatic heterocycles. The van der Waals surface area contributed by atoms with E-state index in [0.29, 0.717) is 6.42 Å². The minimum Gasteiger partial charge on any atom is -0.312 e. The number of para-hydroxylation sites is 1. The van der Waals surface area contributed by atoms with E-state index in [9.17, 15) is 4.79 Å². The maximum Gasteiger partial charge on any atom is 0.228 e. The van der Waals surface area contributed by atoms with Crippen molar-refractivity contribution in [3.8, 4) is 0 Å². The Morgan fingerprint density at radius 2 is 1.90 bits per heavy atom. The Labute approximate surface area is 127 Å². The third-order valence-corrected chi connectivity index (χ3v) is 4.77. The van der Waals surface area contributed by atoms with Crippen LogP contribution in [0.5, 0.6) is 0 Å². The lowest BCUT2D eigenvalue weighted by atomic mass is 9.92. The molecule has 3 rings (SSSR count). The maximum atomic E-state index is 12.5. The van der Waals surface area contributed by atoms with Crippen LogP contribution in [0, 0.1) is 11.8 Å². The Morgan fingerprint density at radius 3 is 2.67 bits per heavy atom. The normalized spacial score (nSPS) is 25.9. The molecule has 2 aliphatic rings. The Balaban J connectivity index is 1.56. The molecule has 21 heavy (non-hydrogen) atoms. The summed E-state index contributed by atoms with van der Waals surface area (Å²) >= 11 is 0. The summed E-state index contributed by atoms with van der Waals surface area (Å²) in [6.07, 6.45) is 2.97. The largest absolute Gasteiger partial charge is 0.312 e. The van der Waals surface area contributed by atoms with Gasteiger partial charge in [-0.3, -0.25) is 4.79 Å². The number of likely N-dealkylation sites (tertiary alicyclic amines) is 1. The van der Waals surface area contributed by atoms with Gasteiger partial charge in [0.25, 0.3) is 0 Å². The minimum atomic E-state index is 0.283. The van der Waals surface area contributed by atoms with Crippen LogP contribution in [-0.2, 0) is 11.2 Å². The topological polar surface area (TPSA) is 23.6 Å². The number of amides is 1. The van der Waals surface area contributed by atoms with Crippen LogP contribution in [0.1, 0.15) is 32.3 Å². The molecule has 3 nitrogen and oxygen atoms in total. The van der Waals surface area contributed by atoms with Gasteiger partial charge in [0.05, 0.1) is 0 Å². The fraction of sp³-hybridized carbons (Fsp3) is 0.611. The molecule has 0 aliphatic carbocycles. The zero-order valence-electron chi connectivity index (χ0n) is 13.2. The molecule has 0 saturated carbocycles. The number of anilines is 1. The first kappa shape index (κ1) is 14.6. The van der Waals surface area contributed by atoms with E-state index < -0.39 is 0 Å². The van der Waals surface area contributed by atoms with Crippen molar-refractivity contribution < 1.29 is 4.79 Å². The molecule has 0 N–H and O–H groups in total. The van der Waals surface area contributed by atoms with E-state index in [4.69, 9.17) is 0 Å². The van der Waals surface area contributed by atoms with Crippen molar-refractivity contribution in [2.24, 2.45) is 11.8 Å². The van der Waals surface area contributed by atoms with E-state index >= 15 is 0 Å². The minimum absolute atomic E-state index is 0.283. The number of nitrogens with zero attached hydrogens (tertiary/aromatic N) is 2. The summed E-state index contributed by atoms with van der Waals surface area (Å²) in [5.41, 5.74) is 2.44. The van der Waals surface area contributed by atoms with Crippen molar-refractivity contribution in [2.75, 3.05) is 31.1 Å². The summed E-state index contributed by atoms with van der Waals surface area (Å²) in [6, 6.07) is 8.30. The number of hydrogen-bond donors (Lipinski definition) is 0. The molecular formula is C18H26N2O. The molecule has 0 aromatic heterocycles. The predicted molar refractivity (Wildman–Crippen MR) is 86.5 cm³/mol. The van der Waals surface area contributed by atoms with E-state index in [1.807, 2.05) is 11.0 Å². The fourth-order valence-corrected chi connectivity index (χ4v) is 3.96. The van der Waals surface area contributed by atoms with Gasteiger partial charge in [0.15, 0.2) is 0 Å². The first-order valence-corrected chi connectivity index (χ1v) is 8.24. The standard InChI is InChI=1S/C18H26N2O/c1-14-11-15(2)13-19(12-14)9-8-18(21)20-10-7-16-5-3-4-6-17(16)20/h3-6,14-15H,7-13H2,1-2H3. The van der Waals surface area contributed by atoms with Gasteiger partial charge in [-0.25, -0.2) is 0 Å². The predicted octanol–water partition coefficient (Wildman–Crippen LogP) is 2.94. The summed E-state index contributed by atoms with van der Waals surface area (Å²) in [5, 5.41) is 0. The van der Waals surface area contributed by atoms with Crippen molar-refractivity contribution in [3.63, 3.8) is 0 Å². The van der Waals surface area contributed by atoms with E-state index in [-0.39, 0.29) is 5.91 Å². The van der Waals surface area contributed by atoms with Gasteiger partial charge in [0.2, 0.25) is 5.91 Å². The average molecular weight is 286 g/mol. The summed E-state index contributed by atoms with van der Waals surface area (Å²) in [7, 11) is 0. The lowest BCUT2D eigenvalue weighted by molar-refractivity contribution is -0.119. The molecule has 1 amide bonds. The van der Waals surface area contributed by atoms with Crippen molar-refractivity contribution in [3.05, 3.63) is 29.8 Å². The van der Waals surface area contributed by atoms with E-state index in [0.717, 1.165) is 50.1 Å². The van der Waals surface area contributed by atoms with Gasteiger partial charge in [0.1, 0.15) is 0 Å². The third kappa shape index (κ3) is 3.29. The van der Waals surface area contributed by atoms with E-state index in [1.165, 1.54) is 12.0 Å². The lowest BCUT2D eigenvalue weighted by Gasteiger charge is -2.35. The van der Waals surface area contributed by atoms with Crippen molar-refractivity contribution in [2.45, 2.75) is 33.1 Å². The molecule has 2 heterocycles. The highest BCUT2D eigenvalue weighted by atomic mass is 16.2. The molecule has 0 bridgehead atoms. The number of carbonyl (C=O) groups excluding carboxylic acids is 1. The van der Waals surface area contributed by atoms with Gasteiger partial charge in [-0.05, 0) is 36.3 Å². The van der Waals surface area contributed by atoms with Gasteiger partial charge >= 0.3 is 0 Å². The van der Waals surface area contributed by atoms with Crippen LogP contribution in [0.15, 0.2) is 24.3 Å². The Bertz CT molecular complexity index is 504. The number of fused-ring (bicyclic) bond motifs is 1. The maximum absolute atomic E-state index is 12.5. The van der Waals surface area contributed by atoms with Crippen molar-refractivity contribution >= 4 is 11.6 Å². The first-order valence-electron chi connectivity index (χ1n) is 8.24. The van der Waals surface area contributed by atoms with Crippen molar-refractivity contribution in [1.29, 1.82) is 0 Å². The molecule has 3 heteroatoms. The second-order valence-electron chi connectivity index (χ2n) is 6.88. The molecule has 2 atom stereocenters. The number of piperidine rings is 1. The highest BCUT2D eigenvalue weighted by Gasteiger charge is 2.26. The zero-order chi connectivity index (χ0) is 14.8. The fourth-order valence-electron chi connectivity index (χ4n) is 3.96. The SMILES string of the molecule is CC1CC(C)CN(CCC(=O)N2CCc3ccccc32)C1. The number of rotatable bonds is 3. The second kappa shape index (κ2) is 6.18. The molecule has 0 spiro atoms. The Hall–Kier alpha value is -1.35. The van der Waals surface area contributed by atoms with Crippen LogP contribution < -0.4 is 4.90 Å². The van der Waals surface area contributed by atoms with E-state index in [2.05, 4.69) is 36.9 Å². The third-order valence-electron chi connectivity index (χ3n) is 4.77. The van der Waals surface area contributed by atoms with Gasteiger partial charge in [-0.1, -0.05) is 32.0 Å². The number of benzene rings is 1. The summed E-state index contributed by atoms with van der Waals surface area (Å²) in [6.45, 7) is 8.70. The van der Waals surface area contributed by atoms with Gasteiger partial charge in [-0.15, -0.1) is 0 Å². The van der Waals surface area contributed by atoms with Crippen LogP contribution in [-0.4, -0.2) is 37.0 Å². The smallest absolute Gasteiger partial charge is 0.228 e. The zero-order valence-corrected chi connectivity index (χ0v) is 13.2. The summed E-state index contributed by atoms with van der Waals surface area (Å²) < 4.78 is 0. The number of carbonyl (C=O) groups is 1. The highest BCUT2D eigenvalue weighted by Crippen LogP contribution is 2.28. The van der Waals surface area contributed by atoms with Gasteiger partial charge < -0.3 is 9.80 Å². The van der Waals surface area contributed by atoms with Crippen LogP contribution in [0.2, 0.25) is 0 Å². The average Bonchev–Trinajstić information content (AvgIpc) is 2.88. The summed E-state index contributed by atoms with van der Waals surface area (Å²) in [4.78, 5) is 17.0. The van der Waals surface area contributed by atoms with E-state index in [1.54, 1.807) is 0 Å². The van der Waals surface area contributed by atoms with Crippen LogP contribution in [0.3, 0.4) is 0 Å². The summed E-state index contributed by atoms with van der Waals surface area (Å²) in [5.74, 6) is 1.80.